The average Bonchev–Trinajstić information content (AvgIpc) is 2.90. The van der Waals surface area contributed by atoms with Crippen LogP contribution < -0.4 is 0 Å². The van der Waals surface area contributed by atoms with Gasteiger partial charge in [0, 0.05) is 19.0 Å². The molecule has 0 bridgehead atoms. The van der Waals surface area contributed by atoms with Gasteiger partial charge in [-0.2, -0.15) is 4.31 Å². The molecular weight excluding hydrogens is 320 g/mol. The Bertz CT molecular complexity index is 812. The van der Waals surface area contributed by atoms with Crippen LogP contribution in [0.3, 0.4) is 0 Å². The maximum atomic E-state index is 12.8. The second-order valence-corrected chi connectivity index (χ2v) is 6.57. The van der Waals surface area contributed by atoms with Gasteiger partial charge in [0.1, 0.15) is 6.54 Å². The van der Waals surface area contributed by atoms with Crippen molar-refractivity contribution in [3.05, 3.63) is 48.9 Å². The van der Waals surface area contributed by atoms with E-state index >= 15 is 0 Å². The molecule has 0 radical (unpaired) electrons. The number of hydrogen-bond acceptors (Lipinski definition) is 5. The third-order valence-corrected chi connectivity index (χ3v) is 4.69. The van der Waals surface area contributed by atoms with Crippen LogP contribution in [-0.2, 0) is 14.8 Å². The van der Waals surface area contributed by atoms with Crippen LogP contribution in [0, 0.1) is 6.92 Å². The Kier molecular flexibility index (Phi) is 4.97. The first-order valence-electron chi connectivity index (χ1n) is 6.72. The Hall–Kier alpha value is -2.45. The minimum atomic E-state index is -4.14. The van der Waals surface area contributed by atoms with Crippen LogP contribution in [0.2, 0.25) is 0 Å². The number of carboxylic acids is 1. The predicted octanol–water partition coefficient (Wildman–Crippen LogP) is 1.91. The zero-order valence-electron chi connectivity index (χ0n) is 12.5. The van der Waals surface area contributed by atoms with Crippen LogP contribution in [0.25, 0.3) is 11.3 Å². The first-order valence-corrected chi connectivity index (χ1v) is 8.16. The first kappa shape index (κ1) is 16.9. The Morgan fingerprint density at radius 1 is 1.39 bits per heavy atom. The summed E-state index contributed by atoms with van der Waals surface area (Å²) >= 11 is 0. The lowest BCUT2D eigenvalue weighted by molar-refractivity contribution is -0.137. The standard InChI is InChI=1S/C15H16N2O5S/c1-3-9-17(10-13(18)19)23(20,21)15-14(22-11(2)16-15)12-7-5-4-6-8-12/h3-8H,1,9-10H2,2H3,(H,18,19). The SMILES string of the molecule is C=CCN(CC(=O)O)S(=O)(=O)c1nc(C)oc1-c1ccccc1. The molecule has 1 aromatic carbocycles. The van der Waals surface area contributed by atoms with Gasteiger partial charge in [-0.1, -0.05) is 36.4 Å². The Morgan fingerprint density at radius 3 is 2.61 bits per heavy atom. The second-order valence-electron chi connectivity index (χ2n) is 4.71. The van der Waals surface area contributed by atoms with Crippen molar-refractivity contribution < 1.29 is 22.7 Å². The van der Waals surface area contributed by atoms with Gasteiger partial charge in [0.15, 0.2) is 11.7 Å². The zero-order chi connectivity index (χ0) is 17.0. The van der Waals surface area contributed by atoms with E-state index in [2.05, 4.69) is 11.6 Å². The summed E-state index contributed by atoms with van der Waals surface area (Å²) in [7, 11) is -4.14. The number of rotatable bonds is 7. The van der Waals surface area contributed by atoms with Crippen LogP contribution in [-0.4, -0.2) is 41.9 Å². The minimum Gasteiger partial charge on any atom is -0.480 e. The van der Waals surface area contributed by atoms with Gasteiger partial charge in [-0.05, 0) is 0 Å². The quantitative estimate of drug-likeness (QED) is 0.775. The number of carboxylic acid groups (broad SMARTS) is 1. The molecule has 0 amide bonds. The number of sulfonamides is 1. The molecule has 0 aliphatic heterocycles. The van der Waals surface area contributed by atoms with Crippen LogP contribution in [0.4, 0.5) is 0 Å². The van der Waals surface area contributed by atoms with Crippen molar-refractivity contribution in [1.82, 2.24) is 9.29 Å². The number of benzene rings is 1. The highest BCUT2D eigenvalue weighted by Gasteiger charge is 2.32. The molecule has 0 spiro atoms. The van der Waals surface area contributed by atoms with E-state index in [1.165, 1.54) is 13.0 Å². The first-order chi connectivity index (χ1) is 10.9. The summed E-state index contributed by atoms with van der Waals surface area (Å²) in [5.74, 6) is -1.00. The maximum Gasteiger partial charge on any atom is 0.318 e. The third kappa shape index (κ3) is 3.66. The minimum absolute atomic E-state index is 0.0857. The van der Waals surface area contributed by atoms with Crippen molar-refractivity contribution in [3.63, 3.8) is 0 Å². The number of carbonyl (C=O) groups is 1. The van der Waals surface area contributed by atoms with E-state index in [-0.39, 0.29) is 23.2 Å². The second kappa shape index (κ2) is 6.76. The van der Waals surface area contributed by atoms with Crippen LogP contribution in [0.15, 0.2) is 52.4 Å². The number of hydrogen-bond donors (Lipinski definition) is 1. The smallest absolute Gasteiger partial charge is 0.318 e. The molecule has 0 unspecified atom stereocenters. The van der Waals surface area contributed by atoms with E-state index in [1.807, 2.05) is 0 Å². The number of oxazole rings is 1. The van der Waals surface area contributed by atoms with E-state index < -0.39 is 22.5 Å². The molecule has 0 aliphatic rings. The van der Waals surface area contributed by atoms with Crippen molar-refractivity contribution in [1.29, 1.82) is 0 Å². The summed E-state index contributed by atoms with van der Waals surface area (Å²) in [6, 6.07) is 8.64. The summed E-state index contributed by atoms with van der Waals surface area (Å²) in [5, 5.41) is 8.63. The molecule has 0 atom stereocenters. The zero-order valence-corrected chi connectivity index (χ0v) is 13.3. The molecule has 23 heavy (non-hydrogen) atoms. The lowest BCUT2D eigenvalue weighted by atomic mass is 10.2. The molecule has 0 saturated carbocycles. The van der Waals surface area contributed by atoms with Gasteiger partial charge >= 0.3 is 5.97 Å². The lowest BCUT2D eigenvalue weighted by Crippen LogP contribution is -2.36. The molecule has 2 aromatic rings. The van der Waals surface area contributed by atoms with Crippen molar-refractivity contribution in [2.75, 3.05) is 13.1 Å². The molecular formula is C15H16N2O5S. The molecule has 1 N–H and O–H groups in total. The molecule has 8 heteroatoms. The monoisotopic (exact) mass is 336 g/mol. The summed E-state index contributed by atoms with van der Waals surface area (Å²) < 4.78 is 31.7. The van der Waals surface area contributed by atoms with E-state index in [0.29, 0.717) is 5.56 Å². The lowest BCUT2D eigenvalue weighted by Gasteiger charge is -2.17. The van der Waals surface area contributed by atoms with E-state index in [1.54, 1.807) is 30.3 Å². The molecule has 7 nitrogen and oxygen atoms in total. The van der Waals surface area contributed by atoms with E-state index in [4.69, 9.17) is 9.52 Å². The largest absolute Gasteiger partial charge is 0.480 e. The summed E-state index contributed by atoms with van der Waals surface area (Å²) in [6.07, 6.45) is 1.32. The highest BCUT2D eigenvalue weighted by atomic mass is 32.2. The van der Waals surface area contributed by atoms with Crippen molar-refractivity contribution in [3.8, 4) is 11.3 Å². The molecule has 122 valence electrons. The Labute approximate surface area is 133 Å². The van der Waals surface area contributed by atoms with E-state index in [9.17, 15) is 13.2 Å². The van der Waals surface area contributed by atoms with Crippen molar-refractivity contribution in [2.45, 2.75) is 11.9 Å². The Morgan fingerprint density at radius 2 is 2.04 bits per heavy atom. The maximum absolute atomic E-state index is 12.8. The molecule has 0 aliphatic carbocycles. The van der Waals surface area contributed by atoms with Gasteiger partial charge in [-0.15, -0.1) is 6.58 Å². The van der Waals surface area contributed by atoms with Crippen molar-refractivity contribution in [2.24, 2.45) is 0 Å². The summed E-state index contributed by atoms with van der Waals surface area (Å²) in [4.78, 5) is 14.9. The predicted molar refractivity (Wildman–Crippen MR) is 83.3 cm³/mol. The number of aliphatic carboxylic acids is 1. The molecule has 0 fully saturated rings. The van der Waals surface area contributed by atoms with Gasteiger partial charge in [-0.3, -0.25) is 4.79 Å². The highest BCUT2D eigenvalue weighted by Crippen LogP contribution is 2.29. The third-order valence-electron chi connectivity index (χ3n) is 2.97. The highest BCUT2D eigenvalue weighted by molar-refractivity contribution is 7.89. The number of aryl methyl sites for hydroxylation is 1. The van der Waals surface area contributed by atoms with Gasteiger partial charge in [0.2, 0.25) is 5.03 Å². The van der Waals surface area contributed by atoms with Gasteiger partial charge < -0.3 is 9.52 Å². The normalized spacial score (nSPS) is 11.6. The molecule has 2 rings (SSSR count). The topological polar surface area (TPSA) is 101 Å². The van der Waals surface area contributed by atoms with Crippen LogP contribution >= 0.6 is 0 Å². The Balaban J connectivity index is 2.55. The van der Waals surface area contributed by atoms with Gasteiger partial charge in [-0.25, -0.2) is 13.4 Å². The summed E-state index contributed by atoms with van der Waals surface area (Å²) in [5.41, 5.74) is 0.542. The number of aromatic nitrogens is 1. The van der Waals surface area contributed by atoms with Gasteiger partial charge in [0.05, 0.1) is 0 Å². The molecule has 1 aromatic heterocycles. The van der Waals surface area contributed by atoms with Crippen molar-refractivity contribution >= 4 is 16.0 Å². The number of nitrogens with zero attached hydrogens (tertiary/aromatic N) is 2. The molecule has 1 heterocycles. The average molecular weight is 336 g/mol. The fourth-order valence-electron chi connectivity index (χ4n) is 2.02. The summed E-state index contributed by atoms with van der Waals surface area (Å²) in [6.45, 7) is 4.16. The van der Waals surface area contributed by atoms with Crippen LogP contribution in [0.5, 0.6) is 0 Å². The van der Waals surface area contributed by atoms with E-state index in [0.717, 1.165) is 4.31 Å². The van der Waals surface area contributed by atoms with Gasteiger partial charge in [0.25, 0.3) is 10.0 Å². The van der Waals surface area contributed by atoms with Crippen LogP contribution in [0.1, 0.15) is 5.89 Å². The fraction of sp³-hybridized carbons (Fsp3) is 0.200. The fourth-order valence-corrected chi connectivity index (χ4v) is 3.48. The molecule has 0 saturated heterocycles.